The van der Waals surface area contributed by atoms with Gasteiger partial charge in [0.1, 0.15) is 20.2 Å². The summed E-state index contributed by atoms with van der Waals surface area (Å²) < 4.78 is 42.6. The van der Waals surface area contributed by atoms with E-state index in [0.717, 1.165) is 53.4 Å². The van der Waals surface area contributed by atoms with Gasteiger partial charge < -0.3 is 19.9 Å². The van der Waals surface area contributed by atoms with Gasteiger partial charge >= 0.3 is 0 Å². The van der Waals surface area contributed by atoms with Crippen molar-refractivity contribution >= 4 is 61.8 Å². The molecule has 0 amide bonds. The second-order valence-electron chi connectivity index (χ2n) is 8.69. The second-order valence-corrected chi connectivity index (χ2v) is 12.0. The number of alkyl halides is 1. The minimum atomic E-state index is -3.71. The van der Waals surface area contributed by atoms with Crippen LogP contribution in [0.15, 0.2) is 59.4 Å². The number of ether oxygens (including phenoxy) is 3. The van der Waals surface area contributed by atoms with Gasteiger partial charge in [0.05, 0.1) is 22.2 Å². The predicted molar refractivity (Wildman–Crippen MR) is 153 cm³/mol. The van der Waals surface area contributed by atoms with Gasteiger partial charge in [-0.25, -0.2) is 13.1 Å². The Hall–Kier alpha value is -2.58. The number of halogens is 1. The normalized spacial score (nSPS) is 18.1. The fourth-order valence-electron chi connectivity index (χ4n) is 3.91. The van der Waals surface area contributed by atoms with E-state index in [1.807, 2.05) is 47.1 Å². The Balaban J connectivity index is 1.70. The van der Waals surface area contributed by atoms with Gasteiger partial charge in [-0.15, -0.1) is 0 Å². The van der Waals surface area contributed by atoms with E-state index < -0.39 is 15.0 Å². The molecule has 3 aromatic rings. The molecule has 1 aromatic heterocycles. The van der Waals surface area contributed by atoms with Crippen LogP contribution in [0.3, 0.4) is 0 Å². The van der Waals surface area contributed by atoms with Crippen molar-refractivity contribution in [1.29, 1.82) is 0 Å². The number of aromatic nitrogens is 2. The molecule has 12 heteroatoms. The largest absolute Gasteiger partial charge is 0.497 e. The molecule has 0 bridgehead atoms. The first kappa shape index (κ1) is 27.5. The molecule has 9 nitrogen and oxygen atoms in total. The van der Waals surface area contributed by atoms with Crippen LogP contribution in [0, 0.1) is 0 Å². The Morgan fingerprint density at radius 1 is 1.32 bits per heavy atom. The average molecular weight is 634 g/mol. The average Bonchev–Trinajstić information content (AvgIpc) is 3.26. The molecule has 1 aliphatic rings. The lowest BCUT2D eigenvalue weighted by atomic mass is 9.94. The molecular weight excluding hydrogens is 606 g/mol. The summed E-state index contributed by atoms with van der Waals surface area (Å²) >= 11 is 2.21. The number of hydrogen-bond acceptors (Lipinski definition) is 7. The topological polar surface area (TPSA) is 118 Å². The predicted octanol–water partition coefficient (Wildman–Crippen LogP) is 3.43. The summed E-state index contributed by atoms with van der Waals surface area (Å²) in [6.07, 6.45) is 5.49. The highest BCUT2D eigenvalue weighted by Crippen LogP contribution is 2.35. The molecule has 2 unspecified atom stereocenters. The standard InChI is InChI=1S/C25H28BIN4O5S/c1-34-18-9-6-16(7-10-18)15-36-22(29-25(28)37(2,32)33)14-20(27)24-19-13-17(26)8-11-21(19)31(30-24)23-5-3-4-12-35-23/h6-11,13-14,20,23H,3-5,12,15H2,1-2H3,(H2,28,29)/b22-14+. The van der Waals surface area contributed by atoms with Crippen LogP contribution in [-0.2, 0) is 25.9 Å². The van der Waals surface area contributed by atoms with Crippen LogP contribution >= 0.6 is 22.6 Å². The summed E-state index contributed by atoms with van der Waals surface area (Å²) in [6.45, 7) is 0.838. The number of rotatable bonds is 8. The van der Waals surface area contributed by atoms with Crippen LogP contribution in [0.1, 0.15) is 40.7 Å². The zero-order chi connectivity index (χ0) is 26.6. The molecule has 0 aliphatic carbocycles. The Morgan fingerprint density at radius 2 is 2.08 bits per heavy atom. The number of allylic oxidation sites excluding steroid dienone is 1. The van der Waals surface area contributed by atoms with Crippen molar-refractivity contribution < 1.29 is 22.6 Å². The van der Waals surface area contributed by atoms with Crippen molar-refractivity contribution in [3.05, 3.63) is 65.7 Å². The summed E-state index contributed by atoms with van der Waals surface area (Å²) in [5.74, 6) is 0.786. The highest BCUT2D eigenvalue weighted by molar-refractivity contribution is 14.1. The van der Waals surface area contributed by atoms with Crippen LogP contribution in [0.5, 0.6) is 5.75 Å². The molecule has 1 fully saturated rings. The van der Waals surface area contributed by atoms with Gasteiger partial charge in [-0.2, -0.15) is 10.1 Å². The molecule has 2 atom stereocenters. The first-order valence-corrected chi connectivity index (χ1v) is 14.8. The number of aliphatic imine (C=N–C) groups is 1. The number of nitrogens with two attached hydrogens (primary N) is 1. The van der Waals surface area contributed by atoms with Crippen molar-refractivity contribution in [1.82, 2.24) is 9.78 Å². The van der Waals surface area contributed by atoms with E-state index in [9.17, 15) is 8.42 Å². The fourth-order valence-corrected chi connectivity index (χ4v) is 4.94. The van der Waals surface area contributed by atoms with Gasteiger partial charge in [0.25, 0.3) is 0 Å². The summed E-state index contributed by atoms with van der Waals surface area (Å²) in [4.78, 5) is 4.09. The fraction of sp³-hybridized carbons (Fsp3) is 0.360. The zero-order valence-electron chi connectivity index (χ0n) is 20.6. The van der Waals surface area contributed by atoms with Gasteiger partial charge in [0.15, 0.2) is 6.23 Å². The molecule has 2 heterocycles. The zero-order valence-corrected chi connectivity index (χ0v) is 23.6. The van der Waals surface area contributed by atoms with Gasteiger partial charge in [0.2, 0.25) is 20.9 Å². The van der Waals surface area contributed by atoms with E-state index in [0.29, 0.717) is 12.1 Å². The first-order chi connectivity index (χ1) is 17.7. The third-order valence-electron chi connectivity index (χ3n) is 5.88. The van der Waals surface area contributed by atoms with E-state index in [-0.39, 0.29) is 22.6 Å². The molecule has 0 spiro atoms. The summed E-state index contributed by atoms with van der Waals surface area (Å²) in [7, 11) is 3.99. The number of nitrogens with zero attached hydrogens (tertiary/aromatic N) is 3. The molecule has 2 aromatic carbocycles. The maximum Gasteiger partial charge on any atom is 0.221 e. The van der Waals surface area contributed by atoms with E-state index >= 15 is 0 Å². The van der Waals surface area contributed by atoms with Gasteiger partial charge in [0, 0.05) is 18.2 Å². The van der Waals surface area contributed by atoms with Gasteiger partial charge in [-0.1, -0.05) is 52.3 Å². The maximum atomic E-state index is 12.0. The van der Waals surface area contributed by atoms with E-state index in [1.165, 1.54) is 0 Å². The lowest BCUT2D eigenvalue weighted by Gasteiger charge is -2.23. The van der Waals surface area contributed by atoms with Crippen molar-refractivity contribution in [2.45, 2.75) is 36.0 Å². The number of amidine groups is 1. The van der Waals surface area contributed by atoms with Crippen LogP contribution in [-0.4, -0.2) is 51.2 Å². The quantitative estimate of drug-likeness (QED) is 0.101. The summed E-state index contributed by atoms with van der Waals surface area (Å²) in [6, 6.07) is 13.0. The molecule has 194 valence electrons. The van der Waals surface area contributed by atoms with Crippen molar-refractivity contribution in [2.75, 3.05) is 20.0 Å². The first-order valence-electron chi connectivity index (χ1n) is 11.7. The lowest BCUT2D eigenvalue weighted by Crippen LogP contribution is -2.23. The van der Waals surface area contributed by atoms with E-state index in [4.69, 9.17) is 32.9 Å². The molecule has 4 rings (SSSR count). The van der Waals surface area contributed by atoms with E-state index in [1.54, 1.807) is 13.2 Å². The number of fused-ring (bicyclic) bond motifs is 1. The van der Waals surface area contributed by atoms with Gasteiger partial charge in [-0.05, 0) is 49.1 Å². The smallest absolute Gasteiger partial charge is 0.221 e. The summed E-state index contributed by atoms with van der Waals surface area (Å²) in [5.41, 5.74) is 8.86. The highest BCUT2D eigenvalue weighted by Gasteiger charge is 2.24. The van der Waals surface area contributed by atoms with Crippen LogP contribution in [0.2, 0.25) is 0 Å². The Bertz CT molecular complexity index is 1420. The minimum Gasteiger partial charge on any atom is -0.497 e. The lowest BCUT2D eigenvalue weighted by molar-refractivity contribution is -0.0368. The second kappa shape index (κ2) is 11.9. The molecule has 1 aliphatic heterocycles. The number of hydrogen-bond donors (Lipinski definition) is 1. The third-order valence-corrected chi connectivity index (χ3v) is 7.68. The Labute approximate surface area is 231 Å². The number of sulfone groups is 1. The molecule has 1 saturated heterocycles. The van der Waals surface area contributed by atoms with Crippen LogP contribution < -0.4 is 15.9 Å². The van der Waals surface area contributed by atoms with Crippen LogP contribution in [0.25, 0.3) is 10.9 Å². The van der Waals surface area contributed by atoms with Crippen molar-refractivity contribution in [2.24, 2.45) is 10.7 Å². The van der Waals surface area contributed by atoms with E-state index in [2.05, 4.69) is 27.6 Å². The third kappa shape index (κ3) is 6.85. The van der Waals surface area contributed by atoms with Crippen LogP contribution in [0.4, 0.5) is 0 Å². The summed E-state index contributed by atoms with van der Waals surface area (Å²) in [5, 5.41) is 5.23. The molecule has 0 saturated carbocycles. The maximum absolute atomic E-state index is 12.0. The molecule has 37 heavy (non-hydrogen) atoms. The molecule has 2 N–H and O–H groups in total. The molecular formula is C25H28BIN4O5S. The van der Waals surface area contributed by atoms with Gasteiger partial charge in [-0.3, -0.25) is 0 Å². The Morgan fingerprint density at radius 3 is 2.73 bits per heavy atom. The minimum absolute atomic E-state index is 0.0682. The molecule has 2 radical (unpaired) electrons. The highest BCUT2D eigenvalue weighted by atomic mass is 127. The number of methoxy groups -OCH3 is 1. The SMILES string of the molecule is [B]c1ccc2c(c1)c(C(I)/C=C(\N=C(N)S(C)(=O)=O)OCc1ccc(OC)cc1)nn2C1CCCCO1. The van der Waals surface area contributed by atoms with Crippen molar-refractivity contribution in [3.8, 4) is 5.75 Å². The number of benzene rings is 2. The monoisotopic (exact) mass is 634 g/mol. The van der Waals surface area contributed by atoms with Crippen molar-refractivity contribution in [3.63, 3.8) is 0 Å². The Kier molecular flexibility index (Phi) is 8.80.